The van der Waals surface area contributed by atoms with Gasteiger partial charge in [-0.15, -0.1) is 0 Å². The molecular weight excluding hydrogens is 432 g/mol. The van der Waals surface area contributed by atoms with Gasteiger partial charge in [0.25, 0.3) is 0 Å². The molecule has 1 saturated heterocycles. The number of nitrogens with one attached hydrogen (secondary N) is 1. The number of benzene rings is 2. The van der Waals surface area contributed by atoms with E-state index in [1.165, 1.54) is 5.69 Å². The van der Waals surface area contributed by atoms with E-state index < -0.39 is 0 Å². The number of nitrogens with two attached hydrogens (primary N) is 1. The summed E-state index contributed by atoms with van der Waals surface area (Å²) < 4.78 is 16.0. The fraction of sp³-hybridized carbons (Fsp3) is 0.360. The van der Waals surface area contributed by atoms with Gasteiger partial charge in [0.05, 0.1) is 21.3 Å². The lowest BCUT2D eigenvalue weighted by Gasteiger charge is -2.37. The number of nitrogens with zero attached hydrogens (tertiary/aromatic N) is 4. The van der Waals surface area contributed by atoms with Crippen molar-refractivity contribution in [1.82, 2.24) is 9.97 Å². The molecule has 1 fully saturated rings. The molecule has 2 aromatic carbocycles. The van der Waals surface area contributed by atoms with Crippen LogP contribution in [0.15, 0.2) is 48.8 Å². The minimum Gasteiger partial charge on any atom is -0.497 e. The fourth-order valence-corrected chi connectivity index (χ4v) is 4.11. The number of hydrogen-bond donors (Lipinski definition) is 2. The maximum Gasteiger partial charge on any atom is 0.160 e. The molecule has 0 radical (unpaired) electrons. The molecule has 3 aromatic rings. The quantitative estimate of drug-likeness (QED) is 0.495. The van der Waals surface area contributed by atoms with E-state index in [1.807, 2.05) is 30.3 Å². The van der Waals surface area contributed by atoms with E-state index in [2.05, 4.69) is 37.2 Å². The topological polar surface area (TPSA) is 98.0 Å². The first-order chi connectivity index (χ1) is 16.6. The highest BCUT2D eigenvalue weighted by molar-refractivity contribution is 5.75. The van der Waals surface area contributed by atoms with Crippen LogP contribution in [-0.4, -0.2) is 64.0 Å². The van der Waals surface area contributed by atoms with Gasteiger partial charge in [-0.2, -0.15) is 0 Å². The first kappa shape index (κ1) is 23.3. The highest BCUT2D eigenvalue weighted by Gasteiger charge is 2.21. The van der Waals surface area contributed by atoms with Gasteiger partial charge in [-0.25, -0.2) is 9.97 Å². The third kappa shape index (κ3) is 5.19. The normalized spacial score (nSPS) is 13.5. The number of methoxy groups -OCH3 is 3. The van der Waals surface area contributed by atoms with Crippen molar-refractivity contribution in [3.05, 3.63) is 54.4 Å². The van der Waals surface area contributed by atoms with Crippen molar-refractivity contribution in [2.24, 2.45) is 0 Å². The fourth-order valence-electron chi connectivity index (χ4n) is 4.11. The molecule has 4 rings (SSSR count). The lowest BCUT2D eigenvalue weighted by Crippen LogP contribution is -2.47. The molecule has 1 aliphatic rings. The molecule has 0 aliphatic carbocycles. The van der Waals surface area contributed by atoms with Crippen LogP contribution in [0.2, 0.25) is 0 Å². The molecule has 0 amide bonds. The van der Waals surface area contributed by atoms with Crippen LogP contribution >= 0.6 is 0 Å². The number of anilines is 4. The number of hydrogen-bond acceptors (Lipinski definition) is 9. The zero-order valence-corrected chi connectivity index (χ0v) is 20.0. The van der Waals surface area contributed by atoms with Gasteiger partial charge < -0.3 is 35.1 Å². The summed E-state index contributed by atoms with van der Waals surface area (Å²) in [6.45, 7) is 4.12. The van der Waals surface area contributed by atoms with Crippen LogP contribution in [-0.2, 0) is 6.42 Å². The highest BCUT2D eigenvalue weighted by Crippen LogP contribution is 2.29. The van der Waals surface area contributed by atoms with Crippen LogP contribution in [0.5, 0.6) is 17.2 Å². The lowest BCUT2D eigenvalue weighted by atomic mass is 10.1. The molecule has 0 saturated carbocycles. The predicted octanol–water partition coefficient (Wildman–Crippen LogP) is 3.07. The number of nitrogen functional groups attached to an aromatic ring is 1. The van der Waals surface area contributed by atoms with Crippen molar-refractivity contribution >= 4 is 23.0 Å². The summed E-state index contributed by atoms with van der Waals surface area (Å²) in [5.74, 6) is 3.73. The summed E-state index contributed by atoms with van der Waals surface area (Å²) in [4.78, 5) is 13.4. The van der Waals surface area contributed by atoms with Crippen LogP contribution in [0, 0.1) is 0 Å². The number of piperazine rings is 1. The molecular formula is C25H32N6O3. The van der Waals surface area contributed by atoms with Gasteiger partial charge in [0.15, 0.2) is 23.1 Å². The molecule has 1 aromatic heterocycles. The lowest BCUT2D eigenvalue weighted by molar-refractivity contribution is 0.354. The summed E-state index contributed by atoms with van der Waals surface area (Å²) in [5, 5.41) is 3.36. The Bertz CT molecular complexity index is 1080. The van der Waals surface area contributed by atoms with Gasteiger partial charge >= 0.3 is 0 Å². The van der Waals surface area contributed by atoms with E-state index in [-0.39, 0.29) is 0 Å². The van der Waals surface area contributed by atoms with Crippen molar-refractivity contribution in [2.45, 2.75) is 6.42 Å². The summed E-state index contributed by atoms with van der Waals surface area (Å²) >= 11 is 0. The first-order valence-corrected chi connectivity index (χ1v) is 11.3. The van der Waals surface area contributed by atoms with Crippen LogP contribution in [0.4, 0.5) is 23.0 Å². The molecule has 3 N–H and O–H groups in total. The summed E-state index contributed by atoms with van der Waals surface area (Å²) in [5.41, 5.74) is 9.36. The molecule has 0 bridgehead atoms. The molecule has 9 nitrogen and oxygen atoms in total. The molecule has 0 spiro atoms. The summed E-state index contributed by atoms with van der Waals surface area (Å²) in [6.07, 6.45) is 2.36. The Morgan fingerprint density at radius 1 is 0.853 bits per heavy atom. The van der Waals surface area contributed by atoms with Gasteiger partial charge in [0, 0.05) is 38.4 Å². The average molecular weight is 465 g/mol. The Hall–Kier alpha value is -3.88. The van der Waals surface area contributed by atoms with Gasteiger partial charge in [-0.3, -0.25) is 0 Å². The SMILES string of the molecule is COc1ccc(N2CCN(c3ncnc(NCCc4ccc(OC)c(OC)c4)c3N)CC2)cc1. The summed E-state index contributed by atoms with van der Waals surface area (Å²) in [7, 11) is 4.95. The van der Waals surface area contributed by atoms with Crippen molar-refractivity contribution in [1.29, 1.82) is 0 Å². The summed E-state index contributed by atoms with van der Waals surface area (Å²) in [6, 6.07) is 14.1. The Balaban J connectivity index is 1.35. The highest BCUT2D eigenvalue weighted by atomic mass is 16.5. The van der Waals surface area contributed by atoms with Crippen LogP contribution in [0.1, 0.15) is 5.56 Å². The Labute approximate surface area is 200 Å². The second-order valence-electron chi connectivity index (χ2n) is 8.00. The van der Waals surface area contributed by atoms with Gasteiger partial charge in [-0.05, 0) is 48.4 Å². The van der Waals surface area contributed by atoms with Crippen molar-refractivity contribution in [3.8, 4) is 17.2 Å². The second kappa shape index (κ2) is 10.8. The Morgan fingerprint density at radius 2 is 1.56 bits per heavy atom. The van der Waals surface area contributed by atoms with E-state index in [0.717, 1.165) is 61.2 Å². The minimum atomic E-state index is 0.577. The zero-order chi connectivity index (χ0) is 23.9. The standard InChI is InChI=1S/C25H32N6O3/c1-32-20-7-5-19(6-8-20)30-12-14-31(15-13-30)25-23(26)24(28-17-29-25)27-11-10-18-4-9-21(33-2)22(16-18)34-3/h4-9,16-17H,10-15,26H2,1-3H3,(H,27,28,29). The maximum atomic E-state index is 6.46. The van der Waals surface area contributed by atoms with E-state index >= 15 is 0 Å². The van der Waals surface area contributed by atoms with Crippen molar-refractivity contribution in [3.63, 3.8) is 0 Å². The van der Waals surface area contributed by atoms with Gasteiger partial charge in [-0.1, -0.05) is 6.07 Å². The number of aromatic nitrogens is 2. The minimum absolute atomic E-state index is 0.577. The number of rotatable bonds is 9. The molecule has 2 heterocycles. The van der Waals surface area contributed by atoms with E-state index in [4.69, 9.17) is 19.9 Å². The first-order valence-electron chi connectivity index (χ1n) is 11.3. The third-order valence-electron chi connectivity index (χ3n) is 6.03. The van der Waals surface area contributed by atoms with Crippen molar-refractivity contribution < 1.29 is 14.2 Å². The van der Waals surface area contributed by atoms with Crippen LogP contribution < -0.4 is 35.1 Å². The molecule has 0 atom stereocenters. The van der Waals surface area contributed by atoms with Gasteiger partial charge in [0.2, 0.25) is 0 Å². The molecule has 0 unspecified atom stereocenters. The zero-order valence-electron chi connectivity index (χ0n) is 20.0. The van der Waals surface area contributed by atoms with E-state index in [0.29, 0.717) is 18.1 Å². The molecule has 180 valence electrons. The third-order valence-corrected chi connectivity index (χ3v) is 6.03. The average Bonchev–Trinajstić information content (AvgIpc) is 2.89. The monoisotopic (exact) mass is 464 g/mol. The Morgan fingerprint density at radius 3 is 2.24 bits per heavy atom. The van der Waals surface area contributed by atoms with Crippen LogP contribution in [0.25, 0.3) is 0 Å². The largest absolute Gasteiger partial charge is 0.497 e. The molecule has 9 heteroatoms. The number of ether oxygens (including phenoxy) is 3. The van der Waals surface area contributed by atoms with Gasteiger partial charge in [0.1, 0.15) is 17.8 Å². The Kier molecular flexibility index (Phi) is 7.41. The smallest absolute Gasteiger partial charge is 0.160 e. The van der Waals surface area contributed by atoms with Crippen molar-refractivity contribution in [2.75, 3.05) is 74.9 Å². The molecule has 34 heavy (non-hydrogen) atoms. The van der Waals surface area contributed by atoms with E-state index in [1.54, 1.807) is 27.7 Å². The molecule has 1 aliphatic heterocycles. The van der Waals surface area contributed by atoms with E-state index in [9.17, 15) is 0 Å². The second-order valence-corrected chi connectivity index (χ2v) is 8.00. The maximum absolute atomic E-state index is 6.46. The van der Waals surface area contributed by atoms with Crippen LogP contribution in [0.3, 0.4) is 0 Å². The predicted molar refractivity (Wildman–Crippen MR) is 136 cm³/mol.